The Morgan fingerprint density at radius 1 is 1.36 bits per heavy atom. The largest absolute Gasteiger partial charge is 0.384 e. The average molecular weight is 324 g/mol. The highest BCUT2D eigenvalue weighted by Crippen LogP contribution is 2.41. The molecule has 5 nitrogen and oxygen atoms in total. The van der Waals surface area contributed by atoms with Crippen LogP contribution in [0.3, 0.4) is 0 Å². The molecule has 2 aliphatic heterocycles. The fourth-order valence-corrected chi connectivity index (χ4v) is 5.47. The molecule has 6 heteroatoms. The molecule has 0 saturated carbocycles. The fraction of sp³-hybridized carbons (Fsp3) is 0.625. The lowest BCUT2D eigenvalue weighted by atomic mass is 9.87. The van der Waals surface area contributed by atoms with Crippen LogP contribution in [0.5, 0.6) is 0 Å². The van der Waals surface area contributed by atoms with Crippen LogP contribution >= 0.6 is 0 Å². The van der Waals surface area contributed by atoms with E-state index in [4.69, 9.17) is 4.74 Å². The van der Waals surface area contributed by atoms with Crippen molar-refractivity contribution < 1.29 is 13.2 Å². The maximum absolute atomic E-state index is 12.7. The van der Waals surface area contributed by atoms with Gasteiger partial charge in [0, 0.05) is 32.3 Å². The molecule has 22 heavy (non-hydrogen) atoms. The van der Waals surface area contributed by atoms with E-state index in [1.165, 1.54) is 0 Å². The molecule has 1 unspecified atom stereocenters. The van der Waals surface area contributed by atoms with E-state index < -0.39 is 10.0 Å². The molecule has 3 rings (SSSR count). The van der Waals surface area contributed by atoms with Gasteiger partial charge in [-0.3, -0.25) is 4.90 Å². The lowest BCUT2D eigenvalue weighted by Crippen LogP contribution is -2.67. The molecule has 0 bridgehead atoms. The van der Waals surface area contributed by atoms with Gasteiger partial charge < -0.3 is 4.74 Å². The molecule has 0 amide bonds. The van der Waals surface area contributed by atoms with Crippen molar-refractivity contribution >= 4 is 10.0 Å². The van der Waals surface area contributed by atoms with Crippen LogP contribution in [0.4, 0.5) is 0 Å². The van der Waals surface area contributed by atoms with Crippen LogP contribution in [-0.4, -0.2) is 63.6 Å². The van der Waals surface area contributed by atoms with Crippen LogP contribution in [0.15, 0.2) is 29.2 Å². The first kappa shape index (κ1) is 15.9. The number of hydrogen-bond donors (Lipinski definition) is 0. The fourth-order valence-electron chi connectivity index (χ4n) is 3.76. The first-order valence-electron chi connectivity index (χ1n) is 7.64. The van der Waals surface area contributed by atoms with Crippen molar-refractivity contribution in [2.75, 3.05) is 40.4 Å². The van der Waals surface area contributed by atoms with E-state index in [1.54, 1.807) is 29.6 Å². The average Bonchev–Trinajstić information content (AvgIpc) is 2.74. The smallest absolute Gasteiger partial charge is 0.243 e. The van der Waals surface area contributed by atoms with Gasteiger partial charge >= 0.3 is 0 Å². The van der Waals surface area contributed by atoms with E-state index in [9.17, 15) is 8.42 Å². The normalized spacial score (nSPS) is 25.5. The van der Waals surface area contributed by atoms with Crippen LogP contribution in [0.2, 0.25) is 0 Å². The quantitative estimate of drug-likeness (QED) is 0.838. The number of benzene rings is 1. The molecule has 0 N–H and O–H groups in total. The second kappa shape index (κ2) is 5.60. The Hall–Kier alpha value is -0.950. The third-order valence-corrected chi connectivity index (χ3v) is 6.77. The summed E-state index contributed by atoms with van der Waals surface area (Å²) in [4.78, 5) is 2.70. The van der Waals surface area contributed by atoms with Crippen molar-refractivity contribution in [3.8, 4) is 0 Å². The number of rotatable bonds is 4. The van der Waals surface area contributed by atoms with Gasteiger partial charge in [-0.2, -0.15) is 4.31 Å². The zero-order valence-electron chi connectivity index (χ0n) is 13.4. The minimum absolute atomic E-state index is 0.0000909. The number of hydrogen-bond acceptors (Lipinski definition) is 4. The predicted molar refractivity (Wildman–Crippen MR) is 85.3 cm³/mol. The molecule has 2 aliphatic rings. The molecule has 2 saturated heterocycles. The van der Waals surface area contributed by atoms with Crippen LogP contribution < -0.4 is 0 Å². The third kappa shape index (κ3) is 2.58. The standard InChI is InChI=1S/C16H24N2O3S/c1-13-5-4-6-15(7-13)22(19,20)18-11-16(12-18)8-14(10-21-3)9-17(16)2/h4-7,14H,8-12H2,1-3H3. The van der Waals surface area contributed by atoms with E-state index in [0.717, 1.165) is 25.1 Å². The highest BCUT2D eigenvalue weighted by molar-refractivity contribution is 7.89. The summed E-state index contributed by atoms with van der Waals surface area (Å²) in [6.07, 6.45) is 1.01. The molecule has 1 aromatic rings. The zero-order chi connectivity index (χ0) is 16.0. The molecule has 0 aromatic heterocycles. The number of likely N-dealkylation sites (tertiary alicyclic amines) is 1. The summed E-state index contributed by atoms with van der Waals surface area (Å²) in [7, 11) is 0.446. The maximum atomic E-state index is 12.7. The van der Waals surface area contributed by atoms with Gasteiger partial charge in [-0.1, -0.05) is 12.1 Å². The summed E-state index contributed by atoms with van der Waals surface area (Å²) < 4.78 is 32.3. The second-order valence-corrected chi connectivity index (χ2v) is 8.66. The Morgan fingerprint density at radius 2 is 2.09 bits per heavy atom. The summed E-state index contributed by atoms with van der Waals surface area (Å²) in [5.74, 6) is 0.499. The highest BCUT2D eigenvalue weighted by Gasteiger charge is 2.55. The molecule has 1 spiro atoms. The van der Waals surface area contributed by atoms with Gasteiger partial charge in [0.25, 0.3) is 0 Å². The summed E-state index contributed by atoms with van der Waals surface area (Å²) in [6, 6.07) is 7.14. The molecular weight excluding hydrogens is 300 g/mol. The molecule has 2 fully saturated rings. The Kier molecular flexibility index (Phi) is 4.05. The van der Waals surface area contributed by atoms with Crippen molar-refractivity contribution in [3.63, 3.8) is 0 Å². The van der Waals surface area contributed by atoms with Gasteiger partial charge in [-0.15, -0.1) is 0 Å². The maximum Gasteiger partial charge on any atom is 0.243 e. The van der Waals surface area contributed by atoms with Gasteiger partial charge in [0.05, 0.1) is 11.5 Å². The van der Waals surface area contributed by atoms with Crippen molar-refractivity contribution in [2.24, 2.45) is 5.92 Å². The SMILES string of the molecule is COCC1CN(C)C2(C1)CN(S(=O)(=O)c1cccc(C)c1)C2. The van der Waals surface area contributed by atoms with Crippen molar-refractivity contribution in [1.29, 1.82) is 0 Å². The number of nitrogens with zero attached hydrogens (tertiary/aromatic N) is 2. The first-order chi connectivity index (χ1) is 10.4. The van der Waals surface area contributed by atoms with Gasteiger partial charge in [0.2, 0.25) is 10.0 Å². The Morgan fingerprint density at radius 3 is 2.73 bits per heavy atom. The topological polar surface area (TPSA) is 49.9 Å². The van der Waals surface area contributed by atoms with Gasteiger partial charge in [0.15, 0.2) is 0 Å². The number of ether oxygens (including phenoxy) is 1. The molecular formula is C16H24N2O3S. The molecule has 1 aromatic carbocycles. The van der Waals surface area contributed by atoms with Gasteiger partial charge in [-0.25, -0.2) is 8.42 Å². The van der Waals surface area contributed by atoms with E-state index in [0.29, 0.717) is 23.9 Å². The van der Waals surface area contributed by atoms with Crippen LogP contribution in [0, 0.1) is 12.8 Å². The van der Waals surface area contributed by atoms with E-state index in [1.807, 2.05) is 13.0 Å². The van der Waals surface area contributed by atoms with Crippen LogP contribution in [0.1, 0.15) is 12.0 Å². The molecule has 2 heterocycles. The van der Waals surface area contributed by atoms with Crippen molar-refractivity contribution in [2.45, 2.75) is 23.8 Å². The zero-order valence-corrected chi connectivity index (χ0v) is 14.3. The summed E-state index contributed by atoms with van der Waals surface area (Å²) >= 11 is 0. The Balaban J connectivity index is 1.73. The number of likely N-dealkylation sites (N-methyl/N-ethyl adjacent to an activating group) is 1. The second-order valence-electron chi connectivity index (χ2n) is 6.72. The third-order valence-electron chi connectivity index (χ3n) is 4.98. The summed E-state index contributed by atoms with van der Waals surface area (Å²) in [5, 5.41) is 0. The molecule has 1 atom stereocenters. The van der Waals surface area contributed by atoms with Gasteiger partial charge in [0.1, 0.15) is 0 Å². The molecule has 0 aliphatic carbocycles. The van der Waals surface area contributed by atoms with Crippen molar-refractivity contribution in [3.05, 3.63) is 29.8 Å². The first-order valence-corrected chi connectivity index (χ1v) is 9.08. The number of aryl methyl sites for hydroxylation is 1. The Bertz CT molecular complexity index is 653. The minimum atomic E-state index is -3.37. The van der Waals surface area contributed by atoms with E-state index in [2.05, 4.69) is 11.9 Å². The monoisotopic (exact) mass is 324 g/mol. The van der Waals surface area contributed by atoms with Crippen LogP contribution in [0.25, 0.3) is 0 Å². The van der Waals surface area contributed by atoms with Crippen molar-refractivity contribution in [1.82, 2.24) is 9.21 Å². The molecule has 0 radical (unpaired) electrons. The number of sulfonamides is 1. The summed E-state index contributed by atoms with van der Waals surface area (Å²) in [5.41, 5.74) is 0.967. The predicted octanol–water partition coefficient (Wildman–Crippen LogP) is 1.34. The Labute approximate surface area is 132 Å². The minimum Gasteiger partial charge on any atom is -0.384 e. The lowest BCUT2D eigenvalue weighted by Gasteiger charge is -2.50. The van der Waals surface area contributed by atoms with E-state index in [-0.39, 0.29) is 5.54 Å². The molecule has 122 valence electrons. The highest BCUT2D eigenvalue weighted by atomic mass is 32.2. The summed E-state index contributed by atoms with van der Waals surface area (Å²) in [6.45, 7) is 4.81. The number of methoxy groups -OCH3 is 1. The van der Waals surface area contributed by atoms with E-state index >= 15 is 0 Å². The lowest BCUT2D eigenvalue weighted by molar-refractivity contribution is 0.0372. The van der Waals surface area contributed by atoms with Gasteiger partial charge in [-0.05, 0) is 44.0 Å². The van der Waals surface area contributed by atoms with Crippen LogP contribution in [-0.2, 0) is 14.8 Å².